The van der Waals surface area contributed by atoms with Crippen LogP contribution in [0, 0.1) is 0 Å². The largest absolute Gasteiger partial charge is 0.416 e. The van der Waals surface area contributed by atoms with Crippen LogP contribution >= 0.6 is 0 Å². The van der Waals surface area contributed by atoms with Gasteiger partial charge in [-0.25, -0.2) is 0 Å². The van der Waals surface area contributed by atoms with Gasteiger partial charge in [0.25, 0.3) is 0 Å². The van der Waals surface area contributed by atoms with Crippen molar-refractivity contribution in [1.29, 1.82) is 0 Å². The van der Waals surface area contributed by atoms with Crippen molar-refractivity contribution in [3.63, 3.8) is 0 Å². The molecule has 0 aromatic heterocycles. The Morgan fingerprint density at radius 1 is 0.750 bits per heavy atom. The minimum atomic E-state index is -4.48. The average Bonchev–Trinajstić information content (AvgIpc) is 2.64. The zero-order chi connectivity index (χ0) is 20.8. The Morgan fingerprint density at radius 3 is 1.54 bits per heavy atom. The number of hydrogen-bond acceptors (Lipinski definition) is 3. The zero-order valence-electron chi connectivity index (χ0n) is 14.8. The van der Waals surface area contributed by atoms with Crippen molar-refractivity contribution in [2.45, 2.75) is 18.5 Å². The van der Waals surface area contributed by atoms with E-state index in [-0.39, 0.29) is 6.61 Å². The van der Waals surface area contributed by atoms with E-state index < -0.39 is 29.6 Å². The average molecular weight is 406 g/mol. The smallest absolute Gasteiger partial charge is 0.367 e. The lowest BCUT2D eigenvalue weighted by Gasteiger charge is -2.20. The van der Waals surface area contributed by atoms with Gasteiger partial charge < -0.3 is 15.8 Å². The number of nitrogens with one attached hydrogen (secondary N) is 1. The molecule has 3 nitrogen and oxygen atoms in total. The van der Waals surface area contributed by atoms with Gasteiger partial charge in [-0.1, -0.05) is 24.3 Å². The fraction of sp³-hybridized carbons (Fsp3) is 0.368. The van der Waals surface area contributed by atoms with Gasteiger partial charge in [0.15, 0.2) is 0 Å². The second kappa shape index (κ2) is 9.40. The van der Waals surface area contributed by atoms with Gasteiger partial charge >= 0.3 is 12.4 Å². The number of alkyl halides is 6. The zero-order valence-corrected chi connectivity index (χ0v) is 14.8. The van der Waals surface area contributed by atoms with Crippen LogP contribution < -0.4 is 11.1 Å². The molecule has 2 rings (SSSR count). The molecule has 0 atom stereocenters. The first kappa shape index (κ1) is 22.2. The van der Waals surface area contributed by atoms with Crippen LogP contribution in [-0.4, -0.2) is 26.2 Å². The lowest BCUT2D eigenvalue weighted by Crippen LogP contribution is -2.26. The molecule has 0 aliphatic rings. The van der Waals surface area contributed by atoms with Gasteiger partial charge in [-0.15, -0.1) is 0 Å². The Bertz CT molecular complexity index is 669. The quantitative estimate of drug-likeness (QED) is 0.505. The van der Waals surface area contributed by atoms with Gasteiger partial charge in [-0.05, 0) is 35.4 Å². The van der Waals surface area contributed by atoms with Crippen LogP contribution in [0.3, 0.4) is 0 Å². The van der Waals surface area contributed by atoms with E-state index in [0.29, 0.717) is 30.8 Å². The van der Waals surface area contributed by atoms with Crippen LogP contribution in [0.5, 0.6) is 0 Å². The molecule has 0 spiro atoms. The molecule has 0 bridgehead atoms. The second-order valence-electron chi connectivity index (χ2n) is 6.03. The van der Waals surface area contributed by atoms with E-state index in [2.05, 4.69) is 5.32 Å². The third-order valence-corrected chi connectivity index (χ3v) is 3.97. The molecule has 0 aliphatic carbocycles. The van der Waals surface area contributed by atoms with E-state index in [4.69, 9.17) is 10.5 Å². The minimum Gasteiger partial charge on any atom is -0.367 e. The summed E-state index contributed by atoms with van der Waals surface area (Å²) in [5.74, 6) is 0. The van der Waals surface area contributed by atoms with Crippen LogP contribution in [0.25, 0.3) is 0 Å². The predicted molar refractivity (Wildman–Crippen MR) is 92.6 cm³/mol. The molecule has 0 unspecified atom stereocenters. The summed E-state index contributed by atoms with van der Waals surface area (Å²) in [5.41, 5.74) is 4.56. The molecule has 0 radical (unpaired) electrons. The maximum absolute atomic E-state index is 12.8. The molecule has 0 aliphatic heterocycles. The third kappa shape index (κ3) is 6.22. The summed E-state index contributed by atoms with van der Waals surface area (Å²) < 4.78 is 82.3. The first-order valence-electron chi connectivity index (χ1n) is 8.49. The SMILES string of the molecule is NCCNCCOC(c1ccc(C(F)(F)F)cc1)c1ccc(C(F)(F)F)cc1. The van der Waals surface area contributed by atoms with Crippen LogP contribution in [-0.2, 0) is 17.1 Å². The van der Waals surface area contributed by atoms with Gasteiger partial charge in [0.1, 0.15) is 6.10 Å². The fourth-order valence-electron chi connectivity index (χ4n) is 2.55. The Hall–Kier alpha value is -2.10. The van der Waals surface area contributed by atoms with Crippen molar-refractivity contribution in [2.75, 3.05) is 26.2 Å². The van der Waals surface area contributed by atoms with Gasteiger partial charge in [0, 0.05) is 19.6 Å². The molecule has 2 aromatic carbocycles. The van der Waals surface area contributed by atoms with E-state index in [1.54, 1.807) is 0 Å². The molecular formula is C19H20F6N2O. The lowest BCUT2D eigenvalue weighted by atomic mass is 9.99. The number of benzene rings is 2. The van der Waals surface area contributed by atoms with Crippen LogP contribution in [0.15, 0.2) is 48.5 Å². The highest BCUT2D eigenvalue weighted by Gasteiger charge is 2.31. The molecule has 2 aromatic rings. The van der Waals surface area contributed by atoms with Crippen LogP contribution in [0.2, 0.25) is 0 Å². The summed E-state index contributed by atoms with van der Waals surface area (Å²) in [5, 5.41) is 3.00. The molecule has 0 saturated carbocycles. The summed E-state index contributed by atoms with van der Waals surface area (Å²) in [4.78, 5) is 0. The van der Waals surface area contributed by atoms with E-state index in [9.17, 15) is 26.3 Å². The van der Waals surface area contributed by atoms with Gasteiger partial charge in [-0.3, -0.25) is 0 Å². The normalized spacial score (nSPS) is 12.6. The molecule has 0 heterocycles. The van der Waals surface area contributed by atoms with Crippen molar-refractivity contribution in [1.82, 2.24) is 5.32 Å². The van der Waals surface area contributed by atoms with Crippen molar-refractivity contribution < 1.29 is 31.1 Å². The first-order chi connectivity index (χ1) is 13.1. The Kier molecular flexibility index (Phi) is 7.45. The molecule has 154 valence electrons. The van der Waals surface area contributed by atoms with E-state index in [1.807, 2.05) is 0 Å². The Labute approximate surface area is 158 Å². The van der Waals surface area contributed by atoms with Crippen LogP contribution in [0.4, 0.5) is 26.3 Å². The van der Waals surface area contributed by atoms with Crippen LogP contribution in [0.1, 0.15) is 28.4 Å². The summed E-state index contributed by atoms with van der Waals surface area (Å²) >= 11 is 0. The maximum atomic E-state index is 12.8. The van der Waals surface area contributed by atoms with Crippen molar-refractivity contribution in [2.24, 2.45) is 5.73 Å². The molecular weight excluding hydrogens is 386 g/mol. The molecule has 0 saturated heterocycles. The Morgan fingerprint density at radius 2 is 1.18 bits per heavy atom. The van der Waals surface area contributed by atoms with E-state index >= 15 is 0 Å². The monoisotopic (exact) mass is 406 g/mol. The summed E-state index contributed by atoms with van der Waals surface area (Å²) in [6.07, 6.45) is -9.76. The highest BCUT2D eigenvalue weighted by atomic mass is 19.4. The number of nitrogens with two attached hydrogens (primary N) is 1. The van der Waals surface area contributed by atoms with Crippen molar-refractivity contribution >= 4 is 0 Å². The van der Waals surface area contributed by atoms with Gasteiger partial charge in [0.2, 0.25) is 0 Å². The summed E-state index contributed by atoms with van der Waals surface area (Å²) in [6.45, 7) is 1.64. The molecule has 28 heavy (non-hydrogen) atoms. The van der Waals surface area contributed by atoms with Gasteiger partial charge in [0.05, 0.1) is 17.7 Å². The molecule has 3 N–H and O–H groups in total. The molecule has 0 fully saturated rings. The summed E-state index contributed by atoms with van der Waals surface area (Å²) in [7, 11) is 0. The van der Waals surface area contributed by atoms with Crippen molar-refractivity contribution in [3.05, 3.63) is 70.8 Å². The number of rotatable bonds is 8. The number of hydrogen-bond donors (Lipinski definition) is 2. The van der Waals surface area contributed by atoms with E-state index in [0.717, 1.165) is 24.3 Å². The highest BCUT2D eigenvalue weighted by Crippen LogP contribution is 2.34. The molecule has 0 amide bonds. The number of halogens is 6. The lowest BCUT2D eigenvalue weighted by molar-refractivity contribution is -0.138. The minimum absolute atomic E-state index is 0.201. The Balaban J connectivity index is 2.24. The molecule has 9 heteroatoms. The van der Waals surface area contributed by atoms with Crippen molar-refractivity contribution in [3.8, 4) is 0 Å². The predicted octanol–water partition coefficient (Wildman–Crippen LogP) is 4.38. The fourth-order valence-corrected chi connectivity index (χ4v) is 2.55. The van der Waals surface area contributed by atoms with Gasteiger partial charge in [-0.2, -0.15) is 26.3 Å². The topological polar surface area (TPSA) is 47.3 Å². The maximum Gasteiger partial charge on any atom is 0.416 e. The second-order valence-corrected chi connectivity index (χ2v) is 6.03. The highest BCUT2D eigenvalue weighted by molar-refractivity contribution is 5.35. The first-order valence-corrected chi connectivity index (χ1v) is 8.49. The standard InChI is InChI=1S/C19H20F6N2O/c20-18(21,22)15-5-1-13(2-6-15)17(28-12-11-27-10-9-26)14-3-7-16(8-4-14)19(23,24)25/h1-8,17,27H,9-12,26H2. The van der Waals surface area contributed by atoms with E-state index in [1.165, 1.54) is 24.3 Å². The summed E-state index contributed by atoms with van der Waals surface area (Å²) in [6, 6.07) is 8.73. The third-order valence-electron chi connectivity index (χ3n) is 3.97. The number of ether oxygens (including phenoxy) is 1.